The molecule has 0 saturated carbocycles. The van der Waals surface area contributed by atoms with Crippen LogP contribution in [0, 0.1) is 0 Å². The average Bonchev–Trinajstić information content (AvgIpc) is 3.42. The van der Waals surface area contributed by atoms with Gasteiger partial charge in [-0.05, 0) is 0 Å². The molecule has 1 nitrogen and oxygen atoms in total. The molecule has 6 rings (SSSR count). The zero-order valence-corrected chi connectivity index (χ0v) is 23.4. The molecule has 0 spiro atoms. The minimum atomic E-state index is -2.32. The van der Waals surface area contributed by atoms with Crippen molar-refractivity contribution in [2.45, 2.75) is 0 Å². The Hall–Kier alpha value is -3.25. The fourth-order valence-electron chi connectivity index (χ4n) is 4.80. The fourth-order valence-corrected chi connectivity index (χ4v) is 12.4. The molecule has 0 aliphatic rings. The van der Waals surface area contributed by atoms with E-state index in [1.807, 2.05) is 12.1 Å². The van der Waals surface area contributed by atoms with Crippen LogP contribution in [-0.4, -0.2) is 19.5 Å². The normalized spacial score (nSPS) is 11.4. The van der Waals surface area contributed by atoms with Gasteiger partial charge in [0.1, 0.15) is 0 Å². The Kier molecular flexibility index (Phi) is 6.92. The maximum absolute atomic E-state index is 6.32. The number of hydrogen-bond acceptors (Lipinski definition) is 1. The summed E-state index contributed by atoms with van der Waals surface area (Å²) >= 11 is 6.36. The molecule has 1 heterocycles. The molecule has 0 saturated heterocycles. The molecule has 0 amide bonds. The third-order valence-electron chi connectivity index (χ3n) is 6.48. The second kappa shape index (κ2) is 10.6. The Morgan fingerprint density at radius 3 is 1.38 bits per heavy atom. The first kappa shape index (κ1) is 24.1. The van der Waals surface area contributed by atoms with E-state index in [0.717, 1.165) is 5.02 Å². The summed E-state index contributed by atoms with van der Waals surface area (Å²) in [6.07, 6.45) is 0. The predicted molar refractivity (Wildman–Crippen MR) is 162 cm³/mol. The van der Waals surface area contributed by atoms with Gasteiger partial charge in [0, 0.05) is 0 Å². The monoisotopic (exact) mass is 580 g/mol. The van der Waals surface area contributed by atoms with E-state index in [9.17, 15) is 0 Å². The van der Waals surface area contributed by atoms with Gasteiger partial charge in [-0.2, -0.15) is 0 Å². The first-order valence-corrected chi connectivity index (χ1v) is 16.0. The zero-order valence-electron chi connectivity index (χ0n) is 20.0. The van der Waals surface area contributed by atoms with Gasteiger partial charge >= 0.3 is 230 Å². The molecule has 0 N–H and O–H groups in total. The standard InChI is InChI=1S/C33H24ClNPSe/c34-27-23-21-25(22-24-27)31-32(35-33(37-31)26-13-5-1-6-14-26)36(28-15-7-2-8-16-28,29-17-9-3-10-18-29)30-19-11-4-12-20-30/h1-24H/q+1. The Bertz CT molecular complexity index is 1500. The van der Waals surface area contributed by atoms with Gasteiger partial charge in [0.15, 0.2) is 0 Å². The Labute approximate surface area is 229 Å². The number of rotatable bonds is 6. The molecule has 5 aromatic carbocycles. The Balaban J connectivity index is 1.76. The second-order valence-corrected chi connectivity index (χ2v) is 14.6. The molecular formula is C33H24ClNPSe+. The van der Waals surface area contributed by atoms with Gasteiger partial charge in [-0.3, -0.25) is 0 Å². The minimum absolute atomic E-state index is 0.0358. The molecule has 0 unspecified atom stereocenters. The number of hydrogen-bond donors (Lipinski definition) is 0. The topological polar surface area (TPSA) is 12.9 Å². The molecule has 178 valence electrons. The van der Waals surface area contributed by atoms with Gasteiger partial charge in [0.25, 0.3) is 0 Å². The summed E-state index contributed by atoms with van der Waals surface area (Å²) in [7, 11) is -2.32. The van der Waals surface area contributed by atoms with Crippen LogP contribution in [0.2, 0.25) is 5.02 Å². The van der Waals surface area contributed by atoms with Crippen molar-refractivity contribution in [2.24, 2.45) is 0 Å². The molecule has 0 fully saturated rings. The van der Waals surface area contributed by atoms with Crippen LogP contribution < -0.4 is 21.3 Å². The van der Waals surface area contributed by atoms with Gasteiger partial charge < -0.3 is 0 Å². The van der Waals surface area contributed by atoms with Crippen LogP contribution in [0.3, 0.4) is 0 Å². The number of halogens is 1. The molecular weight excluding hydrogens is 556 g/mol. The second-order valence-electron chi connectivity index (χ2n) is 8.72. The van der Waals surface area contributed by atoms with Crippen molar-refractivity contribution in [2.75, 3.05) is 0 Å². The van der Waals surface area contributed by atoms with Crippen LogP contribution in [0.1, 0.15) is 0 Å². The summed E-state index contributed by atoms with van der Waals surface area (Å²) in [5.74, 6) is 0. The van der Waals surface area contributed by atoms with Crippen molar-refractivity contribution < 1.29 is 0 Å². The molecule has 0 atom stereocenters. The first-order chi connectivity index (χ1) is 18.3. The van der Waals surface area contributed by atoms with Crippen LogP contribution in [0.4, 0.5) is 0 Å². The molecule has 0 aliphatic carbocycles. The van der Waals surface area contributed by atoms with E-state index in [0.29, 0.717) is 0 Å². The van der Waals surface area contributed by atoms with E-state index < -0.39 is 7.26 Å². The molecule has 0 bridgehead atoms. The fraction of sp³-hybridized carbons (Fsp3) is 0. The number of aromatic nitrogens is 1. The third kappa shape index (κ3) is 4.52. The van der Waals surface area contributed by atoms with E-state index in [2.05, 4.69) is 133 Å². The Morgan fingerprint density at radius 2 is 0.919 bits per heavy atom. The number of benzene rings is 5. The van der Waals surface area contributed by atoms with Crippen LogP contribution in [0.5, 0.6) is 0 Å². The quantitative estimate of drug-likeness (QED) is 0.157. The van der Waals surface area contributed by atoms with Crippen LogP contribution in [-0.2, 0) is 0 Å². The average molecular weight is 580 g/mol. The zero-order chi connectivity index (χ0) is 25.1. The summed E-state index contributed by atoms with van der Waals surface area (Å²) in [4.78, 5) is 5.58. The predicted octanol–water partition coefficient (Wildman–Crippen LogP) is 6.75. The maximum atomic E-state index is 6.32. The molecule has 0 radical (unpaired) electrons. The summed E-state index contributed by atoms with van der Waals surface area (Å²) in [5.41, 5.74) is 3.58. The van der Waals surface area contributed by atoms with E-state index in [1.54, 1.807) is 0 Å². The van der Waals surface area contributed by atoms with E-state index in [4.69, 9.17) is 16.6 Å². The molecule has 37 heavy (non-hydrogen) atoms. The van der Waals surface area contributed by atoms with E-state index in [-0.39, 0.29) is 14.5 Å². The van der Waals surface area contributed by atoms with Crippen LogP contribution in [0.25, 0.3) is 20.1 Å². The molecule has 1 aromatic heterocycles. The van der Waals surface area contributed by atoms with Crippen molar-refractivity contribution in [1.29, 1.82) is 0 Å². The van der Waals surface area contributed by atoms with E-state index >= 15 is 0 Å². The van der Waals surface area contributed by atoms with Crippen molar-refractivity contribution in [3.05, 3.63) is 151 Å². The molecule has 0 aliphatic heterocycles. The van der Waals surface area contributed by atoms with Crippen molar-refractivity contribution in [3.63, 3.8) is 0 Å². The Morgan fingerprint density at radius 1 is 0.486 bits per heavy atom. The van der Waals surface area contributed by atoms with Crippen molar-refractivity contribution >= 4 is 54.7 Å². The molecule has 4 heteroatoms. The SMILES string of the molecule is Clc1ccc(-c2[se]c(-c3ccccc3)nc2[P+](c2ccccc2)(c2ccccc2)c2ccccc2)cc1. The molecule has 6 aromatic rings. The van der Waals surface area contributed by atoms with E-state index in [1.165, 1.54) is 41.5 Å². The number of nitrogens with zero attached hydrogens (tertiary/aromatic N) is 1. The van der Waals surface area contributed by atoms with Crippen molar-refractivity contribution in [1.82, 2.24) is 4.98 Å². The van der Waals surface area contributed by atoms with Gasteiger partial charge in [-0.25, -0.2) is 0 Å². The van der Waals surface area contributed by atoms with Gasteiger partial charge in [-0.1, -0.05) is 0 Å². The first-order valence-electron chi connectivity index (χ1n) is 12.2. The summed E-state index contributed by atoms with van der Waals surface area (Å²) < 4.78 is 2.49. The van der Waals surface area contributed by atoms with Gasteiger partial charge in [-0.15, -0.1) is 0 Å². The van der Waals surface area contributed by atoms with Gasteiger partial charge in [0.2, 0.25) is 0 Å². The van der Waals surface area contributed by atoms with Gasteiger partial charge in [0.05, 0.1) is 0 Å². The van der Waals surface area contributed by atoms with Crippen molar-refractivity contribution in [3.8, 4) is 20.1 Å². The summed E-state index contributed by atoms with van der Waals surface area (Å²) in [6.45, 7) is 0. The summed E-state index contributed by atoms with van der Waals surface area (Å²) in [5, 5.41) is 4.67. The summed E-state index contributed by atoms with van der Waals surface area (Å²) in [6, 6.07) is 51.8. The van der Waals surface area contributed by atoms with Crippen LogP contribution in [0.15, 0.2) is 146 Å². The third-order valence-corrected chi connectivity index (χ3v) is 13.7. The van der Waals surface area contributed by atoms with Crippen LogP contribution >= 0.6 is 18.9 Å².